The number of carbonyl (C=O) groups is 1. The molecule has 0 aromatic carbocycles. The zero-order valence-electron chi connectivity index (χ0n) is 18.1. The molecule has 2 aliphatic rings. The topological polar surface area (TPSA) is 71.4 Å². The van der Waals surface area contributed by atoms with Crippen LogP contribution in [0, 0.1) is 13.8 Å². The Bertz CT molecular complexity index is 876. The highest BCUT2D eigenvalue weighted by molar-refractivity contribution is 7.89. The standard InChI is InChI=1S/C22H35N3O3S/c1-17-20(22(26)25-15-9-4-5-10-16-25)21(18(2)24(17)3)29(27,28)23-14-13-19-11-7-6-8-12-19/h11,23H,4-10,12-16H2,1-3H3. The molecule has 3 rings (SSSR count). The minimum absolute atomic E-state index is 0.150. The molecule has 29 heavy (non-hydrogen) atoms. The quantitative estimate of drug-likeness (QED) is 0.710. The first kappa shape index (κ1) is 22.1. The predicted molar refractivity (Wildman–Crippen MR) is 116 cm³/mol. The van der Waals surface area contributed by atoms with E-state index < -0.39 is 10.0 Å². The van der Waals surface area contributed by atoms with Crippen molar-refractivity contribution in [2.75, 3.05) is 19.6 Å². The molecule has 7 heteroatoms. The molecule has 162 valence electrons. The van der Waals surface area contributed by atoms with Crippen LogP contribution in [0.25, 0.3) is 0 Å². The Morgan fingerprint density at radius 3 is 2.34 bits per heavy atom. The van der Waals surface area contributed by atoms with Crippen molar-refractivity contribution in [2.45, 2.75) is 76.5 Å². The van der Waals surface area contributed by atoms with E-state index in [2.05, 4.69) is 10.8 Å². The van der Waals surface area contributed by atoms with E-state index in [1.54, 1.807) is 6.92 Å². The number of hydrogen-bond acceptors (Lipinski definition) is 3. The minimum Gasteiger partial charge on any atom is -0.350 e. The molecule has 1 saturated heterocycles. The molecule has 0 atom stereocenters. The number of allylic oxidation sites excluding steroid dienone is 1. The molecule has 0 bridgehead atoms. The van der Waals surface area contributed by atoms with Crippen molar-refractivity contribution in [3.63, 3.8) is 0 Å². The van der Waals surface area contributed by atoms with Gasteiger partial charge in [0.25, 0.3) is 5.91 Å². The minimum atomic E-state index is -3.76. The predicted octanol–water partition coefficient (Wildman–Crippen LogP) is 3.83. The largest absolute Gasteiger partial charge is 0.350 e. The number of nitrogens with zero attached hydrogens (tertiary/aromatic N) is 2. The van der Waals surface area contributed by atoms with Gasteiger partial charge in [-0.3, -0.25) is 4.79 Å². The molecular formula is C22H35N3O3S. The molecule has 6 nitrogen and oxygen atoms in total. The highest BCUT2D eigenvalue weighted by Gasteiger charge is 2.32. The number of aromatic nitrogens is 1. The molecular weight excluding hydrogens is 386 g/mol. The smallest absolute Gasteiger partial charge is 0.257 e. The van der Waals surface area contributed by atoms with Crippen LogP contribution in [0.1, 0.15) is 79.5 Å². The first-order valence-electron chi connectivity index (χ1n) is 11.0. The Labute approximate surface area is 175 Å². The first-order valence-corrected chi connectivity index (χ1v) is 12.4. The van der Waals surface area contributed by atoms with Crippen LogP contribution in [0.3, 0.4) is 0 Å². The average molecular weight is 422 g/mol. The molecule has 0 spiro atoms. The second-order valence-corrected chi connectivity index (χ2v) is 10.1. The van der Waals surface area contributed by atoms with E-state index in [4.69, 9.17) is 0 Å². The Morgan fingerprint density at radius 1 is 1.03 bits per heavy atom. The third-order valence-electron chi connectivity index (χ3n) is 6.42. The normalized spacial score (nSPS) is 18.4. The molecule has 1 amide bonds. The highest BCUT2D eigenvalue weighted by atomic mass is 32.2. The molecule has 2 heterocycles. The van der Waals surface area contributed by atoms with Gasteiger partial charge in [0, 0.05) is 38.1 Å². The van der Waals surface area contributed by atoms with Crippen molar-refractivity contribution in [3.05, 3.63) is 28.6 Å². The molecule has 1 fully saturated rings. The Kier molecular flexibility index (Phi) is 7.22. The number of carbonyl (C=O) groups excluding carboxylic acids is 1. The van der Waals surface area contributed by atoms with Crippen LogP contribution in [0.2, 0.25) is 0 Å². The number of sulfonamides is 1. The summed E-state index contributed by atoms with van der Waals surface area (Å²) in [6, 6.07) is 0. The Hall–Kier alpha value is -1.60. The molecule has 1 aliphatic heterocycles. The average Bonchev–Trinajstić information content (AvgIpc) is 2.90. The summed E-state index contributed by atoms with van der Waals surface area (Å²) in [7, 11) is -1.93. The maximum Gasteiger partial charge on any atom is 0.257 e. The first-order chi connectivity index (χ1) is 13.8. The number of likely N-dealkylation sites (tertiary alicyclic amines) is 1. The summed E-state index contributed by atoms with van der Waals surface area (Å²) >= 11 is 0. The van der Waals surface area contributed by atoms with Gasteiger partial charge in [0.15, 0.2) is 0 Å². The van der Waals surface area contributed by atoms with Crippen LogP contribution < -0.4 is 4.72 Å². The second-order valence-electron chi connectivity index (χ2n) is 8.40. The van der Waals surface area contributed by atoms with Crippen LogP contribution >= 0.6 is 0 Å². The maximum absolute atomic E-state index is 13.3. The molecule has 1 aromatic rings. The van der Waals surface area contributed by atoms with Gasteiger partial charge in [-0.05, 0) is 58.8 Å². The van der Waals surface area contributed by atoms with Gasteiger partial charge < -0.3 is 9.47 Å². The second kappa shape index (κ2) is 9.47. The van der Waals surface area contributed by atoms with E-state index in [9.17, 15) is 13.2 Å². The van der Waals surface area contributed by atoms with Crippen molar-refractivity contribution in [1.29, 1.82) is 0 Å². The Balaban J connectivity index is 1.84. The van der Waals surface area contributed by atoms with Crippen molar-refractivity contribution in [2.24, 2.45) is 7.05 Å². The summed E-state index contributed by atoms with van der Waals surface area (Å²) in [5.74, 6) is -0.150. The van der Waals surface area contributed by atoms with E-state index in [1.807, 2.05) is 23.4 Å². The monoisotopic (exact) mass is 421 g/mol. The summed E-state index contributed by atoms with van der Waals surface area (Å²) in [6.45, 7) is 5.40. The fourth-order valence-electron chi connectivity index (χ4n) is 4.48. The van der Waals surface area contributed by atoms with Gasteiger partial charge >= 0.3 is 0 Å². The maximum atomic E-state index is 13.3. The fourth-order valence-corrected chi connectivity index (χ4v) is 6.02. The lowest BCUT2D eigenvalue weighted by atomic mass is 9.97. The van der Waals surface area contributed by atoms with Crippen LogP contribution in [0.4, 0.5) is 0 Å². The zero-order valence-corrected chi connectivity index (χ0v) is 18.9. The van der Waals surface area contributed by atoms with Crippen LogP contribution in [0.15, 0.2) is 16.5 Å². The Morgan fingerprint density at radius 2 is 1.72 bits per heavy atom. The van der Waals surface area contributed by atoms with Gasteiger partial charge in [0.1, 0.15) is 4.90 Å². The summed E-state index contributed by atoms with van der Waals surface area (Å²) < 4.78 is 31.0. The van der Waals surface area contributed by atoms with E-state index >= 15 is 0 Å². The van der Waals surface area contributed by atoms with Crippen molar-refractivity contribution < 1.29 is 13.2 Å². The lowest BCUT2D eigenvalue weighted by molar-refractivity contribution is 0.0757. The van der Waals surface area contributed by atoms with Crippen LogP contribution in [-0.4, -0.2) is 43.4 Å². The molecule has 0 unspecified atom stereocenters. The van der Waals surface area contributed by atoms with Gasteiger partial charge in [-0.25, -0.2) is 13.1 Å². The van der Waals surface area contributed by atoms with E-state index in [-0.39, 0.29) is 10.8 Å². The van der Waals surface area contributed by atoms with Gasteiger partial charge in [-0.2, -0.15) is 0 Å². The van der Waals surface area contributed by atoms with Crippen molar-refractivity contribution >= 4 is 15.9 Å². The van der Waals surface area contributed by atoms with E-state index in [0.717, 1.165) is 44.9 Å². The van der Waals surface area contributed by atoms with Crippen LogP contribution in [0.5, 0.6) is 0 Å². The lowest BCUT2D eigenvalue weighted by Gasteiger charge is -2.21. The van der Waals surface area contributed by atoms with Gasteiger partial charge in [-0.15, -0.1) is 0 Å². The SMILES string of the molecule is Cc1c(C(=O)N2CCCCCC2)c(S(=O)(=O)NCCC2=CCCCC2)c(C)n1C. The molecule has 1 N–H and O–H groups in total. The summed E-state index contributed by atoms with van der Waals surface area (Å²) in [6.07, 6.45) is 11.7. The highest BCUT2D eigenvalue weighted by Crippen LogP contribution is 2.28. The number of nitrogens with one attached hydrogen (secondary N) is 1. The number of hydrogen-bond donors (Lipinski definition) is 1. The van der Waals surface area contributed by atoms with E-state index in [1.165, 1.54) is 18.4 Å². The lowest BCUT2D eigenvalue weighted by Crippen LogP contribution is -2.34. The molecule has 0 radical (unpaired) electrons. The van der Waals surface area contributed by atoms with E-state index in [0.29, 0.717) is 36.6 Å². The van der Waals surface area contributed by atoms with Gasteiger partial charge in [-0.1, -0.05) is 24.5 Å². The van der Waals surface area contributed by atoms with Gasteiger partial charge in [0.2, 0.25) is 10.0 Å². The van der Waals surface area contributed by atoms with Gasteiger partial charge in [0.05, 0.1) is 5.56 Å². The molecule has 1 aromatic heterocycles. The van der Waals surface area contributed by atoms with Crippen molar-refractivity contribution in [3.8, 4) is 0 Å². The molecule has 0 saturated carbocycles. The third-order valence-corrected chi connectivity index (χ3v) is 8.04. The zero-order chi connectivity index (χ0) is 21.0. The fraction of sp³-hybridized carbons (Fsp3) is 0.682. The van der Waals surface area contributed by atoms with Crippen LogP contribution in [-0.2, 0) is 17.1 Å². The molecule has 1 aliphatic carbocycles. The number of amides is 1. The summed E-state index contributed by atoms with van der Waals surface area (Å²) in [5.41, 5.74) is 3.01. The summed E-state index contributed by atoms with van der Waals surface area (Å²) in [4.78, 5) is 15.3. The third kappa shape index (κ3) is 4.94. The number of rotatable bonds is 6. The van der Waals surface area contributed by atoms with Crippen molar-refractivity contribution in [1.82, 2.24) is 14.2 Å². The summed E-state index contributed by atoms with van der Waals surface area (Å²) in [5, 5.41) is 0.